The predicted molar refractivity (Wildman–Crippen MR) is 151 cm³/mol. The minimum Gasteiger partial charge on any atom is -0.429 e. The Labute approximate surface area is 255 Å². The van der Waals surface area contributed by atoms with Crippen molar-refractivity contribution in [3.05, 3.63) is 95.3 Å². The van der Waals surface area contributed by atoms with Crippen LogP contribution in [0, 0.1) is 29.3 Å². The van der Waals surface area contributed by atoms with Gasteiger partial charge < -0.3 is 14.2 Å². The topological polar surface area (TPSA) is 27.7 Å². The number of hydrogen-bond donors (Lipinski definition) is 0. The lowest BCUT2D eigenvalue weighted by molar-refractivity contribution is -0.187. The van der Waals surface area contributed by atoms with Crippen LogP contribution in [0.15, 0.2) is 66.7 Å². The van der Waals surface area contributed by atoms with E-state index in [-0.39, 0.29) is 12.1 Å². The molecule has 2 aliphatic rings. The first kappa shape index (κ1) is 32.8. The Morgan fingerprint density at radius 3 is 2.00 bits per heavy atom. The SMILES string of the molecule is CCC1CCC(C2CCC(c3ccc(-c4ccc(C(F)(F)Oc5cc(F)c(OC(F)=C(F)F)c(F)c5)c(F)c4)cc3)CC2)OC1. The van der Waals surface area contributed by atoms with Gasteiger partial charge in [-0.1, -0.05) is 43.7 Å². The number of benzene rings is 3. The second-order valence-electron chi connectivity index (χ2n) is 11.6. The Kier molecular flexibility index (Phi) is 10.1. The average molecular weight is 641 g/mol. The smallest absolute Gasteiger partial charge is 0.429 e. The van der Waals surface area contributed by atoms with Crippen LogP contribution in [-0.2, 0) is 10.8 Å². The van der Waals surface area contributed by atoms with Gasteiger partial charge in [-0.3, -0.25) is 0 Å². The van der Waals surface area contributed by atoms with E-state index in [1.807, 2.05) is 24.3 Å². The highest BCUT2D eigenvalue weighted by Crippen LogP contribution is 2.41. The Balaban J connectivity index is 1.22. The fraction of sp³-hybridized carbons (Fsp3) is 0.412. The quantitative estimate of drug-likeness (QED) is 0.172. The molecule has 0 spiro atoms. The number of rotatable bonds is 9. The molecule has 242 valence electrons. The first-order valence-corrected chi connectivity index (χ1v) is 14.9. The summed E-state index contributed by atoms with van der Waals surface area (Å²) in [6.07, 6.45) is 0.787. The van der Waals surface area contributed by atoms with Gasteiger partial charge in [0.25, 0.3) is 0 Å². The minimum absolute atomic E-state index is 0.168. The molecule has 1 aliphatic heterocycles. The van der Waals surface area contributed by atoms with Gasteiger partial charge in [0.15, 0.2) is 11.6 Å². The zero-order valence-electron chi connectivity index (χ0n) is 24.4. The normalized spacial score (nSPS) is 22.2. The number of hydrogen-bond acceptors (Lipinski definition) is 3. The lowest BCUT2D eigenvalue weighted by Crippen LogP contribution is -2.33. The molecule has 11 heteroatoms. The van der Waals surface area contributed by atoms with Crippen LogP contribution in [0.2, 0.25) is 0 Å². The molecule has 45 heavy (non-hydrogen) atoms. The van der Waals surface area contributed by atoms with Crippen molar-refractivity contribution in [2.45, 2.75) is 70.0 Å². The highest BCUT2D eigenvalue weighted by Gasteiger charge is 2.38. The summed E-state index contributed by atoms with van der Waals surface area (Å²) in [4.78, 5) is 0. The molecule has 0 radical (unpaired) electrons. The predicted octanol–water partition coefficient (Wildman–Crippen LogP) is 10.8. The van der Waals surface area contributed by atoms with Crippen molar-refractivity contribution in [2.24, 2.45) is 11.8 Å². The summed E-state index contributed by atoms with van der Waals surface area (Å²) < 4.78 is 124. The van der Waals surface area contributed by atoms with Gasteiger partial charge in [0, 0.05) is 18.7 Å². The summed E-state index contributed by atoms with van der Waals surface area (Å²) in [5, 5.41) is 0. The molecule has 2 atom stereocenters. The highest BCUT2D eigenvalue weighted by atomic mass is 19.3. The van der Waals surface area contributed by atoms with E-state index in [0.29, 0.717) is 35.0 Å². The Bertz CT molecular complexity index is 1480. The second kappa shape index (κ2) is 13.8. The van der Waals surface area contributed by atoms with Gasteiger partial charge >= 0.3 is 18.2 Å². The van der Waals surface area contributed by atoms with E-state index >= 15 is 0 Å². The molecule has 0 N–H and O–H groups in total. The van der Waals surface area contributed by atoms with E-state index in [1.165, 1.54) is 12.5 Å². The maximum absolute atomic E-state index is 14.9. The van der Waals surface area contributed by atoms with Crippen molar-refractivity contribution in [1.82, 2.24) is 0 Å². The molecule has 1 aliphatic carbocycles. The van der Waals surface area contributed by atoms with Gasteiger partial charge in [0.1, 0.15) is 11.6 Å². The fourth-order valence-electron chi connectivity index (χ4n) is 6.25. The van der Waals surface area contributed by atoms with Crippen molar-refractivity contribution in [2.75, 3.05) is 6.61 Å². The third kappa shape index (κ3) is 7.62. The molecule has 2 fully saturated rings. The molecule has 0 aromatic heterocycles. The van der Waals surface area contributed by atoms with E-state index < -0.39 is 52.7 Å². The standard InChI is InChI=1S/C34H32F8O3/c1-2-19-3-14-30(43-18-19)23-10-8-21(9-11-23)20-4-6-22(7-5-20)24-12-13-26(27(35)15-24)34(41,42)45-25-16-28(36)31(29(37)17-25)44-33(40)32(38)39/h4-7,12-13,15-17,19,21,23,30H,2-3,8-11,14,18H2,1H3. The Morgan fingerprint density at radius 1 is 0.800 bits per heavy atom. The van der Waals surface area contributed by atoms with Gasteiger partial charge in [-0.25, -0.2) is 13.2 Å². The van der Waals surface area contributed by atoms with E-state index in [1.54, 1.807) is 0 Å². The maximum Gasteiger partial charge on any atom is 0.429 e. The zero-order valence-corrected chi connectivity index (χ0v) is 24.4. The van der Waals surface area contributed by atoms with Crippen molar-refractivity contribution >= 4 is 0 Å². The summed E-state index contributed by atoms with van der Waals surface area (Å²) in [6, 6.07) is 8.28. The first-order chi connectivity index (χ1) is 21.4. The molecule has 3 aromatic rings. The summed E-state index contributed by atoms with van der Waals surface area (Å²) in [5.74, 6) is -5.99. The largest absolute Gasteiger partial charge is 0.429 e. The van der Waals surface area contributed by atoms with Crippen LogP contribution >= 0.6 is 0 Å². The Hall–Kier alpha value is -3.60. The molecule has 1 saturated heterocycles. The summed E-state index contributed by atoms with van der Waals surface area (Å²) in [7, 11) is 0. The van der Waals surface area contributed by atoms with Crippen LogP contribution < -0.4 is 9.47 Å². The van der Waals surface area contributed by atoms with Gasteiger partial charge in [0.2, 0.25) is 5.75 Å². The number of ether oxygens (including phenoxy) is 3. The van der Waals surface area contributed by atoms with E-state index in [9.17, 15) is 35.1 Å². The molecule has 3 nitrogen and oxygen atoms in total. The maximum atomic E-state index is 14.9. The molecule has 1 saturated carbocycles. The third-order valence-electron chi connectivity index (χ3n) is 8.84. The lowest BCUT2D eigenvalue weighted by Gasteiger charge is -2.37. The van der Waals surface area contributed by atoms with Crippen LogP contribution in [0.5, 0.6) is 11.5 Å². The molecular formula is C34H32F8O3. The van der Waals surface area contributed by atoms with Crippen molar-refractivity contribution in [3.63, 3.8) is 0 Å². The van der Waals surface area contributed by atoms with Crippen LogP contribution in [0.1, 0.15) is 68.9 Å². The summed E-state index contributed by atoms with van der Waals surface area (Å²) in [6.45, 7) is 3.06. The Morgan fingerprint density at radius 2 is 1.44 bits per heavy atom. The van der Waals surface area contributed by atoms with Crippen LogP contribution in [0.3, 0.4) is 0 Å². The molecule has 0 amide bonds. The number of alkyl halides is 2. The van der Waals surface area contributed by atoms with Crippen LogP contribution in [-0.4, -0.2) is 12.7 Å². The molecule has 1 heterocycles. The second-order valence-corrected chi connectivity index (χ2v) is 11.6. The van der Waals surface area contributed by atoms with Crippen LogP contribution in [0.4, 0.5) is 35.1 Å². The van der Waals surface area contributed by atoms with Gasteiger partial charge in [0.05, 0.1) is 11.7 Å². The first-order valence-electron chi connectivity index (χ1n) is 14.9. The molecule has 2 unspecified atom stereocenters. The van der Waals surface area contributed by atoms with Crippen LogP contribution in [0.25, 0.3) is 11.1 Å². The van der Waals surface area contributed by atoms with Crippen molar-refractivity contribution < 1.29 is 49.3 Å². The third-order valence-corrected chi connectivity index (χ3v) is 8.84. The summed E-state index contributed by atoms with van der Waals surface area (Å²) in [5.41, 5.74) is 0.889. The van der Waals surface area contributed by atoms with E-state index in [2.05, 4.69) is 16.4 Å². The van der Waals surface area contributed by atoms with Crippen molar-refractivity contribution in [3.8, 4) is 22.6 Å². The summed E-state index contributed by atoms with van der Waals surface area (Å²) >= 11 is 0. The molecule has 5 rings (SSSR count). The highest BCUT2D eigenvalue weighted by molar-refractivity contribution is 5.64. The minimum atomic E-state index is -4.39. The lowest BCUT2D eigenvalue weighted by atomic mass is 9.75. The van der Waals surface area contributed by atoms with E-state index in [4.69, 9.17) is 4.74 Å². The molecule has 3 aromatic carbocycles. The van der Waals surface area contributed by atoms with E-state index in [0.717, 1.165) is 62.8 Å². The fourth-order valence-corrected chi connectivity index (χ4v) is 6.25. The van der Waals surface area contributed by atoms with Crippen molar-refractivity contribution in [1.29, 1.82) is 0 Å². The average Bonchev–Trinajstić information content (AvgIpc) is 3.02. The molecule has 0 bridgehead atoms. The zero-order chi connectivity index (χ0) is 32.3. The molecular weight excluding hydrogens is 608 g/mol. The van der Waals surface area contributed by atoms with Gasteiger partial charge in [-0.05, 0) is 85.1 Å². The monoisotopic (exact) mass is 640 g/mol. The number of halogens is 8. The van der Waals surface area contributed by atoms with Gasteiger partial charge in [-0.2, -0.15) is 22.0 Å². The van der Waals surface area contributed by atoms with Gasteiger partial charge in [-0.15, -0.1) is 0 Å².